The van der Waals surface area contributed by atoms with Gasteiger partial charge in [0.2, 0.25) is 0 Å². The van der Waals surface area contributed by atoms with Gasteiger partial charge in [-0.3, -0.25) is 0 Å². The van der Waals surface area contributed by atoms with Gasteiger partial charge in [-0.25, -0.2) is 15.8 Å². The Kier molecular flexibility index (Phi) is 2.83. The molecule has 0 amide bonds. The second-order valence-corrected chi connectivity index (χ2v) is 4.00. The summed E-state index contributed by atoms with van der Waals surface area (Å²) in [6, 6.07) is 1.81. The fourth-order valence-electron chi connectivity index (χ4n) is 1.66. The molecular weight excluding hydrogens is 192 g/mol. The van der Waals surface area contributed by atoms with Crippen molar-refractivity contribution in [2.24, 2.45) is 11.8 Å². The zero-order valence-electron chi connectivity index (χ0n) is 9.03. The van der Waals surface area contributed by atoms with Crippen molar-refractivity contribution < 1.29 is 4.74 Å². The Balaban J connectivity index is 2.25. The number of nitrogens with one attached hydrogen (secondary N) is 1. The first-order valence-electron chi connectivity index (χ1n) is 5.08. The Morgan fingerprint density at radius 2 is 2.33 bits per heavy atom. The molecular formula is C10H16N4O. The molecule has 0 bridgehead atoms. The summed E-state index contributed by atoms with van der Waals surface area (Å²) >= 11 is 0. The van der Waals surface area contributed by atoms with E-state index >= 15 is 0 Å². The summed E-state index contributed by atoms with van der Waals surface area (Å²) < 4.78 is 5.05. The maximum Gasteiger partial charge on any atom is 0.144 e. The molecule has 2 atom stereocenters. The highest BCUT2D eigenvalue weighted by Gasteiger charge is 2.36. The monoisotopic (exact) mass is 208 g/mol. The third-order valence-corrected chi connectivity index (χ3v) is 2.68. The second-order valence-electron chi connectivity index (χ2n) is 4.00. The van der Waals surface area contributed by atoms with Gasteiger partial charge in [0.1, 0.15) is 11.6 Å². The summed E-state index contributed by atoms with van der Waals surface area (Å²) in [5.74, 6) is 8.08. The summed E-state index contributed by atoms with van der Waals surface area (Å²) in [6.07, 6.45) is 1.17. The predicted octanol–water partition coefficient (Wildman–Crippen LogP) is 1.03. The number of aromatic nitrogens is 2. The van der Waals surface area contributed by atoms with Gasteiger partial charge >= 0.3 is 0 Å². The molecule has 15 heavy (non-hydrogen) atoms. The number of hydrogen-bond donors (Lipinski definition) is 2. The highest BCUT2D eigenvalue weighted by molar-refractivity contribution is 5.35. The number of nitrogens with two attached hydrogens (primary N) is 1. The van der Waals surface area contributed by atoms with E-state index in [4.69, 9.17) is 10.6 Å². The number of anilines is 1. The molecule has 2 unspecified atom stereocenters. The van der Waals surface area contributed by atoms with Crippen LogP contribution in [0.5, 0.6) is 0 Å². The van der Waals surface area contributed by atoms with E-state index in [1.165, 1.54) is 6.42 Å². The molecule has 2 rings (SSSR count). The van der Waals surface area contributed by atoms with Crippen LogP contribution in [-0.4, -0.2) is 17.1 Å². The Morgan fingerprint density at radius 3 is 2.87 bits per heavy atom. The maximum atomic E-state index is 5.36. The van der Waals surface area contributed by atoms with E-state index in [1.54, 1.807) is 13.2 Å². The van der Waals surface area contributed by atoms with Crippen LogP contribution < -0.4 is 11.3 Å². The number of nitrogens with zero attached hydrogens (tertiary/aromatic N) is 2. The molecule has 5 heteroatoms. The van der Waals surface area contributed by atoms with Crippen LogP contribution in [0.2, 0.25) is 0 Å². The third kappa shape index (κ3) is 2.24. The summed E-state index contributed by atoms with van der Waals surface area (Å²) in [7, 11) is 1.65. The standard InChI is InChI=1S/C10H16N4O/c1-6-3-8(6)10-12-7(5-15-2)4-9(13-10)14-11/h4,6,8H,3,5,11H2,1-2H3,(H,12,13,14). The van der Waals surface area contributed by atoms with Crippen molar-refractivity contribution in [2.75, 3.05) is 12.5 Å². The molecule has 1 saturated carbocycles. The van der Waals surface area contributed by atoms with Crippen LogP contribution in [-0.2, 0) is 11.3 Å². The van der Waals surface area contributed by atoms with E-state index < -0.39 is 0 Å². The smallest absolute Gasteiger partial charge is 0.144 e. The minimum absolute atomic E-state index is 0.491. The van der Waals surface area contributed by atoms with Gasteiger partial charge in [0.15, 0.2) is 0 Å². The number of hydrazine groups is 1. The molecule has 5 nitrogen and oxygen atoms in total. The molecule has 0 aromatic carbocycles. The molecule has 0 saturated heterocycles. The van der Waals surface area contributed by atoms with Crippen molar-refractivity contribution in [2.45, 2.75) is 25.9 Å². The van der Waals surface area contributed by atoms with E-state index in [-0.39, 0.29) is 0 Å². The molecule has 0 spiro atoms. The van der Waals surface area contributed by atoms with Crippen LogP contribution in [0, 0.1) is 5.92 Å². The Morgan fingerprint density at radius 1 is 1.60 bits per heavy atom. The van der Waals surface area contributed by atoms with Crippen molar-refractivity contribution in [1.82, 2.24) is 9.97 Å². The zero-order chi connectivity index (χ0) is 10.8. The lowest BCUT2D eigenvalue weighted by atomic mass is 10.3. The lowest BCUT2D eigenvalue weighted by Crippen LogP contribution is -2.11. The summed E-state index contributed by atoms with van der Waals surface area (Å²) in [5, 5.41) is 0. The number of rotatable bonds is 4. The molecule has 1 heterocycles. The van der Waals surface area contributed by atoms with E-state index in [9.17, 15) is 0 Å². The van der Waals surface area contributed by atoms with E-state index in [0.717, 1.165) is 11.5 Å². The lowest BCUT2D eigenvalue weighted by Gasteiger charge is -2.06. The fraction of sp³-hybridized carbons (Fsp3) is 0.600. The van der Waals surface area contributed by atoms with Gasteiger partial charge in [0, 0.05) is 19.1 Å². The number of methoxy groups -OCH3 is 1. The molecule has 1 fully saturated rings. The largest absolute Gasteiger partial charge is 0.378 e. The highest BCUT2D eigenvalue weighted by Crippen LogP contribution is 2.45. The van der Waals surface area contributed by atoms with Crippen molar-refractivity contribution >= 4 is 5.82 Å². The van der Waals surface area contributed by atoms with Crippen LogP contribution in [0.4, 0.5) is 5.82 Å². The molecule has 3 N–H and O–H groups in total. The van der Waals surface area contributed by atoms with Gasteiger partial charge in [-0.15, -0.1) is 0 Å². The quantitative estimate of drug-likeness (QED) is 0.571. The van der Waals surface area contributed by atoms with Crippen molar-refractivity contribution in [3.05, 3.63) is 17.6 Å². The Hall–Kier alpha value is -1.20. The van der Waals surface area contributed by atoms with Crippen LogP contribution in [0.25, 0.3) is 0 Å². The van der Waals surface area contributed by atoms with Crippen molar-refractivity contribution in [3.63, 3.8) is 0 Å². The van der Waals surface area contributed by atoms with Gasteiger partial charge in [-0.1, -0.05) is 6.92 Å². The SMILES string of the molecule is COCc1cc(NN)nc(C2CC2C)n1. The first-order valence-corrected chi connectivity index (χ1v) is 5.08. The van der Waals surface area contributed by atoms with Gasteiger partial charge < -0.3 is 10.2 Å². The number of nitrogen functional groups attached to an aromatic ring is 1. The van der Waals surface area contributed by atoms with Gasteiger partial charge in [0.25, 0.3) is 0 Å². The highest BCUT2D eigenvalue weighted by atomic mass is 16.5. The summed E-state index contributed by atoms with van der Waals surface area (Å²) in [6.45, 7) is 2.69. The molecule has 0 aliphatic heterocycles. The summed E-state index contributed by atoms with van der Waals surface area (Å²) in [5.41, 5.74) is 3.43. The molecule has 1 aliphatic carbocycles. The first kappa shape index (κ1) is 10.3. The van der Waals surface area contributed by atoms with E-state index in [0.29, 0.717) is 24.3 Å². The molecule has 1 aliphatic rings. The van der Waals surface area contributed by atoms with Gasteiger partial charge in [-0.05, 0) is 12.3 Å². The van der Waals surface area contributed by atoms with E-state index in [2.05, 4.69) is 22.3 Å². The topological polar surface area (TPSA) is 73.1 Å². The Labute approximate surface area is 89.0 Å². The average molecular weight is 208 g/mol. The minimum atomic E-state index is 0.491. The zero-order valence-corrected chi connectivity index (χ0v) is 9.03. The fourth-order valence-corrected chi connectivity index (χ4v) is 1.66. The Bertz CT molecular complexity index is 355. The average Bonchev–Trinajstić information content (AvgIpc) is 2.95. The lowest BCUT2D eigenvalue weighted by molar-refractivity contribution is 0.181. The van der Waals surface area contributed by atoms with E-state index in [1.807, 2.05) is 0 Å². The number of ether oxygens (including phenoxy) is 1. The van der Waals surface area contributed by atoms with Crippen molar-refractivity contribution in [3.8, 4) is 0 Å². The molecule has 0 radical (unpaired) electrons. The minimum Gasteiger partial charge on any atom is -0.378 e. The van der Waals surface area contributed by atoms with Gasteiger partial charge in [-0.2, -0.15) is 0 Å². The van der Waals surface area contributed by atoms with Crippen molar-refractivity contribution in [1.29, 1.82) is 0 Å². The third-order valence-electron chi connectivity index (χ3n) is 2.68. The summed E-state index contributed by atoms with van der Waals surface area (Å²) in [4.78, 5) is 8.80. The van der Waals surface area contributed by atoms with Crippen LogP contribution >= 0.6 is 0 Å². The normalized spacial score (nSPS) is 23.9. The second kappa shape index (κ2) is 4.12. The number of hydrogen-bond acceptors (Lipinski definition) is 5. The molecule has 1 aromatic rings. The first-order chi connectivity index (χ1) is 7.24. The van der Waals surface area contributed by atoms with Crippen LogP contribution in [0.1, 0.15) is 30.8 Å². The maximum absolute atomic E-state index is 5.36. The molecule has 82 valence electrons. The van der Waals surface area contributed by atoms with Gasteiger partial charge in [0.05, 0.1) is 12.3 Å². The van der Waals surface area contributed by atoms with Crippen LogP contribution in [0.15, 0.2) is 6.07 Å². The molecule has 1 aromatic heterocycles. The predicted molar refractivity (Wildman–Crippen MR) is 57.1 cm³/mol. The van der Waals surface area contributed by atoms with Crippen LogP contribution in [0.3, 0.4) is 0 Å².